The van der Waals surface area contributed by atoms with Crippen molar-refractivity contribution in [3.63, 3.8) is 0 Å². The van der Waals surface area contributed by atoms with Crippen LogP contribution in [0.2, 0.25) is 0 Å². The molecule has 1 atom stereocenters. The highest BCUT2D eigenvalue weighted by Crippen LogP contribution is 2.39. The average Bonchev–Trinajstić information content (AvgIpc) is 2.62. The Morgan fingerprint density at radius 3 is 2.68 bits per heavy atom. The molecule has 0 spiro atoms. The van der Waals surface area contributed by atoms with Crippen LogP contribution in [0, 0.1) is 0 Å². The molecule has 1 amide bonds. The lowest BCUT2D eigenvalue weighted by molar-refractivity contribution is -0.135. The first-order valence-corrected chi connectivity index (χ1v) is 6.28. The van der Waals surface area contributed by atoms with Crippen LogP contribution in [0.1, 0.15) is 32.3 Å². The van der Waals surface area contributed by atoms with Gasteiger partial charge in [-0.25, -0.2) is 0 Å². The zero-order valence-corrected chi connectivity index (χ0v) is 11.3. The van der Waals surface area contributed by atoms with E-state index in [0.717, 1.165) is 11.3 Å². The average molecular weight is 259 g/mol. The largest absolute Gasteiger partial charge is 0.435 e. The molecule has 4 heteroatoms. The molecule has 19 heavy (non-hydrogen) atoms. The summed E-state index contributed by atoms with van der Waals surface area (Å²) in [5.41, 5.74) is 1.88. The standard InChI is InChI=1S/C15H17NO3/c1-10(2)16-14-7-5-4-6-12(14)13(15(16)18)8-9-19-11(3)17/h4-10,13H,1-3H3/b9-8-. The molecule has 0 bridgehead atoms. The molecule has 4 nitrogen and oxygen atoms in total. The summed E-state index contributed by atoms with van der Waals surface area (Å²) in [5, 5.41) is 0. The van der Waals surface area contributed by atoms with Gasteiger partial charge in [-0.15, -0.1) is 0 Å². The number of fused-ring (bicyclic) bond motifs is 1. The van der Waals surface area contributed by atoms with E-state index in [0.29, 0.717) is 0 Å². The lowest BCUT2D eigenvalue weighted by atomic mass is 10.0. The van der Waals surface area contributed by atoms with E-state index >= 15 is 0 Å². The van der Waals surface area contributed by atoms with Crippen LogP contribution in [-0.4, -0.2) is 17.9 Å². The monoisotopic (exact) mass is 259 g/mol. The molecule has 1 unspecified atom stereocenters. The number of para-hydroxylation sites is 1. The van der Waals surface area contributed by atoms with E-state index < -0.39 is 5.97 Å². The second-order valence-electron chi connectivity index (χ2n) is 4.78. The van der Waals surface area contributed by atoms with Gasteiger partial charge in [-0.2, -0.15) is 0 Å². The Kier molecular flexibility index (Phi) is 3.69. The predicted octanol–water partition coefficient (Wildman–Crippen LogP) is 2.60. The molecular weight excluding hydrogens is 242 g/mol. The SMILES string of the molecule is CC(=O)O/C=C\C1C(=O)N(C(C)C)c2ccccc21. The number of carbonyl (C=O) groups is 2. The molecule has 1 heterocycles. The number of amides is 1. The first kappa shape index (κ1) is 13.3. The lowest BCUT2D eigenvalue weighted by Crippen LogP contribution is -2.34. The minimum absolute atomic E-state index is 0.0135. The normalized spacial score (nSPS) is 18.2. The van der Waals surface area contributed by atoms with Crippen molar-refractivity contribution < 1.29 is 14.3 Å². The number of benzene rings is 1. The first-order chi connectivity index (χ1) is 9.02. The van der Waals surface area contributed by atoms with Gasteiger partial charge in [0.15, 0.2) is 0 Å². The number of esters is 1. The van der Waals surface area contributed by atoms with Gasteiger partial charge in [0.2, 0.25) is 5.91 Å². The van der Waals surface area contributed by atoms with E-state index in [4.69, 9.17) is 4.74 Å². The minimum Gasteiger partial charge on any atom is -0.435 e. The molecule has 0 saturated heterocycles. The van der Waals surface area contributed by atoms with Crippen molar-refractivity contribution >= 4 is 17.6 Å². The summed E-state index contributed by atoms with van der Waals surface area (Å²) in [6.45, 7) is 5.29. The summed E-state index contributed by atoms with van der Waals surface area (Å²) in [6, 6.07) is 7.79. The Labute approximate surface area is 112 Å². The van der Waals surface area contributed by atoms with Gasteiger partial charge >= 0.3 is 5.97 Å². The Bertz CT molecular complexity index is 534. The van der Waals surface area contributed by atoms with E-state index in [1.54, 1.807) is 11.0 Å². The van der Waals surface area contributed by atoms with Gasteiger partial charge < -0.3 is 9.64 Å². The maximum atomic E-state index is 12.4. The fourth-order valence-corrected chi connectivity index (χ4v) is 2.30. The summed E-state index contributed by atoms with van der Waals surface area (Å²) in [7, 11) is 0. The van der Waals surface area contributed by atoms with E-state index in [1.165, 1.54) is 13.2 Å². The van der Waals surface area contributed by atoms with Gasteiger partial charge in [-0.3, -0.25) is 9.59 Å². The number of carbonyl (C=O) groups excluding carboxylic acids is 2. The van der Waals surface area contributed by atoms with E-state index in [9.17, 15) is 9.59 Å². The topological polar surface area (TPSA) is 46.6 Å². The van der Waals surface area contributed by atoms with Crippen LogP contribution in [0.5, 0.6) is 0 Å². The maximum absolute atomic E-state index is 12.4. The van der Waals surface area contributed by atoms with Crippen LogP contribution in [0.4, 0.5) is 5.69 Å². The summed E-state index contributed by atoms with van der Waals surface area (Å²) in [5.74, 6) is -0.756. The van der Waals surface area contributed by atoms with Crippen LogP contribution in [-0.2, 0) is 14.3 Å². The fraction of sp³-hybridized carbons (Fsp3) is 0.333. The van der Waals surface area contributed by atoms with E-state index in [-0.39, 0.29) is 17.9 Å². The molecule has 0 saturated carbocycles. The van der Waals surface area contributed by atoms with Crippen molar-refractivity contribution in [1.82, 2.24) is 0 Å². The number of nitrogens with zero attached hydrogens (tertiary/aromatic N) is 1. The molecule has 0 N–H and O–H groups in total. The van der Waals surface area contributed by atoms with E-state index in [1.807, 2.05) is 38.1 Å². The van der Waals surface area contributed by atoms with Gasteiger partial charge in [-0.1, -0.05) is 18.2 Å². The minimum atomic E-state index is -0.393. The zero-order valence-electron chi connectivity index (χ0n) is 11.3. The molecular formula is C15H17NO3. The highest BCUT2D eigenvalue weighted by molar-refractivity contribution is 6.06. The van der Waals surface area contributed by atoms with Gasteiger partial charge in [-0.05, 0) is 31.6 Å². The predicted molar refractivity (Wildman–Crippen MR) is 72.7 cm³/mol. The molecule has 1 aromatic rings. The van der Waals surface area contributed by atoms with Gasteiger partial charge in [0, 0.05) is 18.7 Å². The van der Waals surface area contributed by atoms with Gasteiger partial charge in [0.1, 0.15) is 0 Å². The summed E-state index contributed by atoms with van der Waals surface area (Å²) in [4.78, 5) is 24.9. The molecule has 0 fully saturated rings. The van der Waals surface area contributed by atoms with Crippen LogP contribution in [0.25, 0.3) is 0 Å². The third-order valence-corrected chi connectivity index (χ3v) is 3.06. The van der Waals surface area contributed by atoms with Crippen LogP contribution >= 0.6 is 0 Å². The first-order valence-electron chi connectivity index (χ1n) is 6.28. The zero-order chi connectivity index (χ0) is 14.0. The molecule has 1 aliphatic rings. The third-order valence-electron chi connectivity index (χ3n) is 3.06. The Morgan fingerprint density at radius 2 is 2.05 bits per heavy atom. The highest BCUT2D eigenvalue weighted by Gasteiger charge is 2.36. The van der Waals surface area contributed by atoms with E-state index in [2.05, 4.69) is 0 Å². The third kappa shape index (κ3) is 2.52. The van der Waals surface area contributed by atoms with Gasteiger partial charge in [0.25, 0.3) is 0 Å². The number of hydrogen-bond acceptors (Lipinski definition) is 3. The smallest absolute Gasteiger partial charge is 0.307 e. The second kappa shape index (κ2) is 5.26. The summed E-state index contributed by atoms with van der Waals surface area (Å²) in [6.07, 6.45) is 2.93. The summed E-state index contributed by atoms with van der Waals surface area (Å²) >= 11 is 0. The number of ether oxygens (including phenoxy) is 1. The summed E-state index contributed by atoms with van der Waals surface area (Å²) < 4.78 is 4.77. The second-order valence-corrected chi connectivity index (χ2v) is 4.78. The van der Waals surface area contributed by atoms with Crippen LogP contribution in [0.15, 0.2) is 36.6 Å². The quantitative estimate of drug-likeness (QED) is 0.619. The Hall–Kier alpha value is -2.10. The molecule has 2 rings (SSSR count). The van der Waals surface area contributed by atoms with Crippen molar-refractivity contribution in [3.05, 3.63) is 42.2 Å². The van der Waals surface area contributed by atoms with Gasteiger partial charge in [0.05, 0.1) is 12.2 Å². The van der Waals surface area contributed by atoms with Crippen molar-refractivity contribution in [2.24, 2.45) is 0 Å². The van der Waals surface area contributed by atoms with Crippen molar-refractivity contribution in [2.75, 3.05) is 4.90 Å². The highest BCUT2D eigenvalue weighted by atomic mass is 16.5. The number of rotatable bonds is 3. The molecule has 1 aromatic carbocycles. The van der Waals surface area contributed by atoms with Crippen molar-refractivity contribution in [3.8, 4) is 0 Å². The van der Waals surface area contributed by atoms with Crippen molar-refractivity contribution in [1.29, 1.82) is 0 Å². The molecule has 100 valence electrons. The fourth-order valence-electron chi connectivity index (χ4n) is 2.30. The molecule has 0 aliphatic carbocycles. The van der Waals surface area contributed by atoms with Crippen LogP contribution < -0.4 is 4.90 Å². The Morgan fingerprint density at radius 1 is 1.37 bits per heavy atom. The molecule has 1 aliphatic heterocycles. The Balaban J connectivity index is 2.33. The van der Waals surface area contributed by atoms with Crippen LogP contribution in [0.3, 0.4) is 0 Å². The molecule has 0 aromatic heterocycles. The number of anilines is 1. The lowest BCUT2D eigenvalue weighted by Gasteiger charge is -2.22. The maximum Gasteiger partial charge on any atom is 0.307 e. The van der Waals surface area contributed by atoms with Crippen molar-refractivity contribution in [2.45, 2.75) is 32.7 Å². The number of hydrogen-bond donors (Lipinski definition) is 0. The molecule has 0 radical (unpaired) electrons.